The van der Waals surface area contributed by atoms with Crippen LogP contribution in [0.5, 0.6) is 11.6 Å². The highest BCUT2D eigenvalue weighted by Gasteiger charge is 2.44. The quantitative estimate of drug-likeness (QED) is 0.392. The maximum atomic E-state index is 14.0. The molecule has 1 unspecified atom stereocenters. The molecule has 1 N–H and O–H groups in total. The van der Waals surface area contributed by atoms with E-state index in [1.165, 1.54) is 36.5 Å². The van der Waals surface area contributed by atoms with Crippen molar-refractivity contribution in [2.45, 2.75) is 17.2 Å². The van der Waals surface area contributed by atoms with Gasteiger partial charge in [-0.1, -0.05) is 18.2 Å². The summed E-state index contributed by atoms with van der Waals surface area (Å²) in [6, 6.07) is 13.2. The van der Waals surface area contributed by atoms with Crippen LogP contribution in [0, 0.1) is 0 Å². The maximum absolute atomic E-state index is 14.0. The Hall–Kier alpha value is -4.13. The van der Waals surface area contributed by atoms with Gasteiger partial charge in [-0.25, -0.2) is 18.4 Å². The second kappa shape index (κ2) is 9.39. The Kier molecular flexibility index (Phi) is 6.23. The van der Waals surface area contributed by atoms with Crippen LogP contribution in [-0.4, -0.2) is 49.7 Å². The van der Waals surface area contributed by atoms with E-state index < -0.39 is 34.0 Å². The Bertz CT molecular complexity index is 1550. The van der Waals surface area contributed by atoms with Crippen LogP contribution in [-0.2, 0) is 10.0 Å². The molecule has 192 valence electrons. The molecule has 1 aliphatic heterocycles. The Morgan fingerprint density at radius 1 is 1.08 bits per heavy atom. The van der Waals surface area contributed by atoms with Crippen molar-refractivity contribution in [3.8, 4) is 11.6 Å². The predicted molar refractivity (Wildman–Crippen MR) is 129 cm³/mol. The molecule has 0 saturated carbocycles. The molecule has 0 fully saturated rings. The SMILES string of the molecule is CN1CCOc2cc(S(=O)(=O)Nc3nc4ccccc4nc3OC(c3cccnc3)C(F)(F)F)ccc21. The van der Waals surface area contributed by atoms with Crippen molar-refractivity contribution in [2.24, 2.45) is 0 Å². The zero-order chi connectivity index (χ0) is 26.2. The lowest BCUT2D eigenvalue weighted by Crippen LogP contribution is -2.29. The fourth-order valence-electron chi connectivity index (χ4n) is 3.79. The first-order chi connectivity index (χ1) is 17.6. The van der Waals surface area contributed by atoms with E-state index in [2.05, 4.69) is 19.7 Å². The molecule has 2 aromatic heterocycles. The number of rotatable bonds is 6. The van der Waals surface area contributed by atoms with Gasteiger partial charge in [0.05, 0.1) is 28.2 Å². The van der Waals surface area contributed by atoms with Gasteiger partial charge in [-0.3, -0.25) is 9.71 Å². The van der Waals surface area contributed by atoms with E-state index in [0.717, 1.165) is 6.20 Å². The molecule has 2 aromatic carbocycles. The number of anilines is 2. The summed E-state index contributed by atoms with van der Waals surface area (Å²) in [7, 11) is -2.47. The van der Waals surface area contributed by atoms with Gasteiger partial charge in [-0.15, -0.1) is 0 Å². The Labute approximate surface area is 209 Å². The molecule has 0 amide bonds. The predicted octanol–water partition coefficient (Wildman–Crippen LogP) is 4.34. The third-order valence-electron chi connectivity index (χ3n) is 5.62. The van der Waals surface area contributed by atoms with Crippen LogP contribution >= 0.6 is 0 Å². The fourth-order valence-corrected chi connectivity index (χ4v) is 4.81. The number of para-hydroxylation sites is 2. The van der Waals surface area contributed by atoms with E-state index in [1.54, 1.807) is 24.3 Å². The second-order valence-corrected chi connectivity index (χ2v) is 9.88. The summed E-state index contributed by atoms with van der Waals surface area (Å²) < 4.78 is 81.6. The van der Waals surface area contributed by atoms with Crippen LogP contribution in [0.2, 0.25) is 0 Å². The molecule has 37 heavy (non-hydrogen) atoms. The number of nitrogens with one attached hydrogen (secondary N) is 1. The van der Waals surface area contributed by atoms with E-state index >= 15 is 0 Å². The summed E-state index contributed by atoms with van der Waals surface area (Å²) in [6.07, 6.45) is -4.98. The van der Waals surface area contributed by atoms with Crippen LogP contribution in [0.4, 0.5) is 24.7 Å². The largest absolute Gasteiger partial charge is 0.490 e. The standard InChI is InChI=1S/C24H20F3N5O4S/c1-32-11-12-35-20-13-16(8-9-19(20)32)37(33,34)31-22-23(30-18-7-3-2-6-17(18)29-22)36-21(24(25,26)27)15-5-4-10-28-14-15/h2-10,13-14,21H,11-12H2,1H3,(H,29,31). The average molecular weight is 532 g/mol. The molecule has 0 bridgehead atoms. The molecular weight excluding hydrogens is 511 g/mol. The number of pyridine rings is 1. The summed E-state index contributed by atoms with van der Waals surface area (Å²) in [4.78, 5) is 13.8. The van der Waals surface area contributed by atoms with Crippen molar-refractivity contribution in [3.05, 3.63) is 72.6 Å². The molecule has 1 atom stereocenters. The lowest BCUT2D eigenvalue weighted by molar-refractivity contribution is -0.198. The number of likely N-dealkylation sites (N-methyl/N-ethyl adjacent to an activating group) is 1. The summed E-state index contributed by atoms with van der Waals surface area (Å²) in [5, 5.41) is 0. The van der Waals surface area contributed by atoms with Crippen molar-refractivity contribution >= 4 is 32.6 Å². The van der Waals surface area contributed by atoms with Crippen LogP contribution < -0.4 is 19.1 Å². The molecule has 0 spiro atoms. The third-order valence-corrected chi connectivity index (χ3v) is 6.96. The number of aromatic nitrogens is 3. The Balaban J connectivity index is 1.56. The summed E-state index contributed by atoms with van der Waals surface area (Å²) in [5.74, 6) is -0.763. The Morgan fingerprint density at radius 2 is 1.84 bits per heavy atom. The van der Waals surface area contributed by atoms with Gasteiger partial charge in [0.15, 0.2) is 0 Å². The van der Waals surface area contributed by atoms with Gasteiger partial charge < -0.3 is 14.4 Å². The fraction of sp³-hybridized carbons (Fsp3) is 0.208. The summed E-state index contributed by atoms with van der Waals surface area (Å²) in [6.45, 7) is 1.02. The number of fused-ring (bicyclic) bond motifs is 2. The van der Waals surface area contributed by atoms with Crippen LogP contribution in [0.15, 0.2) is 71.9 Å². The number of hydrogen-bond acceptors (Lipinski definition) is 8. The molecular formula is C24H20F3N5O4S. The Morgan fingerprint density at radius 3 is 2.54 bits per heavy atom. The number of alkyl halides is 3. The van der Waals surface area contributed by atoms with E-state index in [9.17, 15) is 21.6 Å². The zero-order valence-corrected chi connectivity index (χ0v) is 20.1. The van der Waals surface area contributed by atoms with Crippen LogP contribution in [0.3, 0.4) is 0 Å². The number of hydrogen-bond donors (Lipinski definition) is 1. The number of nitrogens with zero attached hydrogens (tertiary/aromatic N) is 4. The smallest absolute Gasteiger partial charge is 0.429 e. The zero-order valence-electron chi connectivity index (χ0n) is 19.3. The molecule has 9 nitrogen and oxygen atoms in total. The first kappa shape index (κ1) is 24.6. The van der Waals surface area contributed by atoms with Crippen LogP contribution in [0.1, 0.15) is 11.7 Å². The number of halogens is 3. The van der Waals surface area contributed by atoms with Gasteiger partial charge in [-0.2, -0.15) is 13.2 Å². The lowest BCUT2D eigenvalue weighted by atomic mass is 10.1. The van der Waals surface area contributed by atoms with Crippen molar-refractivity contribution in [2.75, 3.05) is 29.8 Å². The van der Waals surface area contributed by atoms with E-state index in [0.29, 0.717) is 24.6 Å². The highest BCUT2D eigenvalue weighted by Crippen LogP contribution is 2.39. The topological polar surface area (TPSA) is 107 Å². The highest BCUT2D eigenvalue weighted by atomic mass is 32.2. The number of sulfonamides is 1. The van der Waals surface area contributed by atoms with Gasteiger partial charge in [-0.05, 0) is 30.3 Å². The summed E-state index contributed by atoms with van der Waals surface area (Å²) in [5.41, 5.74) is 0.907. The summed E-state index contributed by atoms with van der Waals surface area (Å²) >= 11 is 0. The molecule has 5 rings (SSSR count). The molecule has 1 aliphatic rings. The minimum Gasteiger partial charge on any atom is -0.490 e. The van der Waals surface area contributed by atoms with E-state index in [1.807, 2.05) is 11.9 Å². The minimum absolute atomic E-state index is 0.165. The van der Waals surface area contributed by atoms with E-state index in [4.69, 9.17) is 9.47 Å². The van der Waals surface area contributed by atoms with Gasteiger partial charge >= 0.3 is 6.18 Å². The van der Waals surface area contributed by atoms with Gasteiger partial charge in [0, 0.05) is 31.1 Å². The molecule has 3 heterocycles. The number of benzene rings is 2. The van der Waals surface area contributed by atoms with Gasteiger partial charge in [0.2, 0.25) is 11.9 Å². The second-order valence-electron chi connectivity index (χ2n) is 8.20. The van der Waals surface area contributed by atoms with Crippen molar-refractivity contribution in [3.63, 3.8) is 0 Å². The molecule has 4 aromatic rings. The minimum atomic E-state index is -4.85. The first-order valence-corrected chi connectivity index (χ1v) is 12.5. The average Bonchev–Trinajstić information content (AvgIpc) is 2.87. The molecule has 0 saturated heterocycles. The van der Waals surface area contributed by atoms with Gasteiger partial charge in [0.1, 0.15) is 12.4 Å². The van der Waals surface area contributed by atoms with Crippen molar-refractivity contribution in [1.82, 2.24) is 15.0 Å². The molecule has 0 aliphatic carbocycles. The third kappa shape index (κ3) is 5.07. The van der Waals surface area contributed by atoms with E-state index in [-0.39, 0.29) is 21.5 Å². The number of ether oxygens (including phenoxy) is 2. The molecule has 0 radical (unpaired) electrons. The van der Waals surface area contributed by atoms with Crippen molar-refractivity contribution in [1.29, 1.82) is 0 Å². The monoisotopic (exact) mass is 531 g/mol. The molecule has 13 heteroatoms. The van der Waals surface area contributed by atoms with Crippen LogP contribution in [0.25, 0.3) is 11.0 Å². The highest BCUT2D eigenvalue weighted by molar-refractivity contribution is 7.92. The first-order valence-electron chi connectivity index (χ1n) is 11.0. The lowest BCUT2D eigenvalue weighted by Gasteiger charge is -2.28. The normalized spacial score (nSPS) is 14.5. The van der Waals surface area contributed by atoms with Crippen molar-refractivity contribution < 1.29 is 31.1 Å². The maximum Gasteiger partial charge on any atom is 0.429 e. The van der Waals surface area contributed by atoms with Gasteiger partial charge in [0.25, 0.3) is 15.9 Å².